The summed E-state index contributed by atoms with van der Waals surface area (Å²) in [7, 11) is 0. The summed E-state index contributed by atoms with van der Waals surface area (Å²) < 4.78 is 41.0. The second-order valence-electron chi connectivity index (χ2n) is 3.78. The summed E-state index contributed by atoms with van der Waals surface area (Å²) in [5.41, 5.74) is 6.65. The second-order valence-corrected chi connectivity index (χ2v) is 3.78. The fourth-order valence-corrected chi connectivity index (χ4v) is 1.61. The lowest BCUT2D eigenvalue weighted by Gasteiger charge is -2.14. The van der Waals surface area contributed by atoms with Crippen molar-refractivity contribution in [1.29, 1.82) is 0 Å². The van der Waals surface area contributed by atoms with Crippen LogP contribution in [0.2, 0.25) is 0 Å². The molecule has 0 saturated heterocycles. The van der Waals surface area contributed by atoms with E-state index in [0.717, 1.165) is 0 Å². The van der Waals surface area contributed by atoms with E-state index in [1.165, 1.54) is 24.5 Å². The number of nitrogens with two attached hydrogens (primary N) is 1. The van der Waals surface area contributed by atoms with Crippen molar-refractivity contribution in [2.45, 2.75) is 13.3 Å². The van der Waals surface area contributed by atoms with Gasteiger partial charge in [0.25, 0.3) is 0 Å². The van der Waals surface area contributed by atoms with Crippen LogP contribution in [0, 0.1) is 6.92 Å². The Labute approximate surface area is 107 Å². The van der Waals surface area contributed by atoms with Crippen molar-refractivity contribution in [3.05, 3.63) is 36.2 Å². The molecular formula is C12H10F3N3O. The molecule has 2 rings (SSSR count). The molecule has 0 spiro atoms. The predicted octanol–water partition coefficient (Wildman–Crippen LogP) is 2.93. The molecule has 2 N–H and O–H groups in total. The van der Waals surface area contributed by atoms with E-state index in [-0.39, 0.29) is 17.1 Å². The highest BCUT2D eigenvalue weighted by Crippen LogP contribution is 2.34. The average Bonchev–Trinajstić information content (AvgIpc) is 2.32. The van der Waals surface area contributed by atoms with E-state index < -0.39 is 6.36 Å². The molecule has 0 unspecified atom stereocenters. The van der Waals surface area contributed by atoms with Crippen molar-refractivity contribution in [1.82, 2.24) is 9.97 Å². The summed E-state index contributed by atoms with van der Waals surface area (Å²) in [6.07, 6.45) is -3.56. The first kappa shape index (κ1) is 13.1. The standard InChI is InChI=1S/C12H10F3N3O/c1-7-10(17-6-18-11(7)16)8-4-2-3-5-9(8)19-12(13,14)15/h2-6H,1H3,(H2,16,17,18). The lowest BCUT2D eigenvalue weighted by molar-refractivity contribution is -0.274. The van der Waals surface area contributed by atoms with Gasteiger partial charge in [-0.05, 0) is 19.1 Å². The van der Waals surface area contributed by atoms with Crippen LogP contribution in [-0.2, 0) is 0 Å². The van der Waals surface area contributed by atoms with Gasteiger partial charge in [-0.25, -0.2) is 9.97 Å². The molecule has 100 valence electrons. The number of nitrogens with zero attached hydrogens (tertiary/aromatic N) is 2. The lowest BCUT2D eigenvalue weighted by atomic mass is 10.1. The molecule has 1 heterocycles. The van der Waals surface area contributed by atoms with Gasteiger partial charge in [0.2, 0.25) is 0 Å². The number of aromatic nitrogens is 2. The topological polar surface area (TPSA) is 61.0 Å². The number of hydrogen-bond donors (Lipinski definition) is 1. The van der Waals surface area contributed by atoms with Gasteiger partial charge in [-0.1, -0.05) is 12.1 Å². The third-order valence-electron chi connectivity index (χ3n) is 2.49. The number of rotatable bonds is 2. The van der Waals surface area contributed by atoms with Crippen LogP contribution in [0.3, 0.4) is 0 Å². The van der Waals surface area contributed by atoms with Crippen LogP contribution in [0.1, 0.15) is 5.56 Å². The van der Waals surface area contributed by atoms with Crippen molar-refractivity contribution in [3.8, 4) is 17.0 Å². The average molecular weight is 269 g/mol. The number of nitrogen functional groups attached to an aromatic ring is 1. The van der Waals surface area contributed by atoms with Crippen molar-refractivity contribution in [3.63, 3.8) is 0 Å². The van der Waals surface area contributed by atoms with Crippen molar-refractivity contribution >= 4 is 5.82 Å². The van der Waals surface area contributed by atoms with E-state index in [9.17, 15) is 13.2 Å². The second kappa shape index (κ2) is 4.75. The molecule has 0 fully saturated rings. The summed E-state index contributed by atoms with van der Waals surface area (Å²) in [6.45, 7) is 1.63. The summed E-state index contributed by atoms with van der Waals surface area (Å²) >= 11 is 0. The quantitative estimate of drug-likeness (QED) is 0.910. The van der Waals surface area contributed by atoms with Crippen molar-refractivity contribution in [2.75, 3.05) is 5.73 Å². The third kappa shape index (κ3) is 2.93. The van der Waals surface area contributed by atoms with Gasteiger partial charge in [0.1, 0.15) is 17.9 Å². The smallest absolute Gasteiger partial charge is 0.405 e. The van der Waals surface area contributed by atoms with Gasteiger partial charge in [0.15, 0.2) is 0 Å². The largest absolute Gasteiger partial charge is 0.573 e. The van der Waals surface area contributed by atoms with Crippen molar-refractivity contribution in [2.24, 2.45) is 0 Å². The zero-order valence-corrected chi connectivity index (χ0v) is 9.90. The van der Waals surface area contributed by atoms with E-state index in [2.05, 4.69) is 14.7 Å². The SMILES string of the molecule is Cc1c(N)ncnc1-c1ccccc1OC(F)(F)F. The number of para-hydroxylation sites is 1. The first-order valence-electron chi connectivity index (χ1n) is 5.30. The molecule has 19 heavy (non-hydrogen) atoms. The fourth-order valence-electron chi connectivity index (χ4n) is 1.61. The molecule has 0 radical (unpaired) electrons. The molecule has 4 nitrogen and oxygen atoms in total. The van der Waals surface area contributed by atoms with Gasteiger partial charge < -0.3 is 10.5 Å². The fraction of sp³-hybridized carbons (Fsp3) is 0.167. The lowest BCUT2D eigenvalue weighted by Crippen LogP contribution is -2.17. The Morgan fingerprint density at radius 3 is 2.53 bits per heavy atom. The first-order chi connectivity index (χ1) is 8.88. The van der Waals surface area contributed by atoms with Gasteiger partial charge >= 0.3 is 6.36 Å². The van der Waals surface area contributed by atoms with Gasteiger partial charge in [-0.2, -0.15) is 0 Å². The van der Waals surface area contributed by atoms with Gasteiger partial charge in [0, 0.05) is 11.1 Å². The Morgan fingerprint density at radius 1 is 1.16 bits per heavy atom. The third-order valence-corrected chi connectivity index (χ3v) is 2.49. The highest BCUT2D eigenvalue weighted by Gasteiger charge is 2.32. The van der Waals surface area contributed by atoms with Crippen LogP contribution in [0.4, 0.5) is 19.0 Å². The summed E-state index contributed by atoms with van der Waals surface area (Å²) in [5, 5.41) is 0. The maximum atomic E-state index is 12.3. The summed E-state index contributed by atoms with van der Waals surface area (Å²) in [4.78, 5) is 7.73. The molecule has 0 saturated carbocycles. The number of benzene rings is 1. The van der Waals surface area contributed by atoms with E-state index in [4.69, 9.17) is 5.73 Å². The van der Waals surface area contributed by atoms with Gasteiger partial charge in [0.05, 0.1) is 5.69 Å². The van der Waals surface area contributed by atoms with Crippen LogP contribution in [0.5, 0.6) is 5.75 Å². The molecule has 0 aliphatic carbocycles. The Balaban J connectivity index is 2.54. The van der Waals surface area contributed by atoms with Crippen LogP contribution < -0.4 is 10.5 Å². The minimum absolute atomic E-state index is 0.214. The summed E-state index contributed by atoms with van der Waals surface area (Å²) in [6, 6.07) is 5.75. The zero-order chi connectivity index (χ0) is 14.0. The molecule has 1 aromatic carbocycles. The highest BCUT2D eigenvalue weighted by atomic mass is 19.4. The van der Waals surface area contributed by atoms with E-state index in [1.807, 2.05) is 0 Å². The predicted molar refractivity (Wildman–Crippen MR) is 63.3 cm³/mol. The monoisotopic (exact) mass is 269 g/mol. The Bertz CT molecular complexity index is 599. The molecule has 0 atom stereocenters. The normalized spacial score (nSPS) is 11.4. The molecule has 0 aliphatic rings. The Morgan fingerprint density at radius 2 is 1.84 bits per heavy atom. The van der Waals surface area contributed by atoms with E-state index >= 15 is 0 Å². The zero-order valence-electron chi connectivity index (χ0n) is 9.90. The Hall–Kier alpha value is -2.31. The molecule has 7 heteroatoms. The molecule has 0 bridgehead atoms. The minimum atomic E-state index is -4.76. The van der Waals surface area contributed by atoms with E-state index in [0.29, 0.717) is 11.3 Å². The van der Waals surface area contributed by atoms with Crippen LogP contribution in [-0.4, -0.2) is 16.3 Å². The van der Waals surface area contributed by atoms with E-state index in [1.54, 1.807) is 13.0 Å². The molecule has 0 aliphatic heterocycles. The summed E-state index contributed by atoms with van der Waals surface area (Å²) in [5.74, 6) is -0.108. The van der Waals surface area contributed by atoms with Crippen LogP contribution in [0.25, 0.3) is 11.3 Å². The van der Waals surface area contributed by atoms with Gasteiger partial charge in [-0.15, -0.1) is 13.2 Å². The maximum Gasteiger partial charge on any atom is 0.573 e. The number of alkyl halides is 3. The minimum Gasteiger partial charge on any atom is -0.405 e. The number of anilines is 1. The number of ether oxygens (including phenoxy) is 1. The highest BCUT2D eigenvalue weighted by molar-refractivity contribution is 5.72. The van der Waals surface area contributed by atoms with Crippen molar-refractivity contribution < 1.29 is 17.9 Å². The molecule has 1 aromatic heterocycles. The molecule has 2 aromatic rings. The van der Waals surface area contributed by atoms with Crippen LogP contribution >= 0.6 is 0 Å². The first-order valence-corrected chi connectivity index (χ1v) is 5.30. The maximum absolute atomic E-state index is 12.3. The number of hydrogen-bond acceptors (Lipinski definition) is 4. The number of halogens is 3. The molecule has 0 amide bonds. The molecular weight excluding hydrogens is 259 g/mol. The Kier molecular flexibility index (Phi) is 3.28. The van der Waals surface area contributed by atoms with Gasteiger partial charge in [-0.3, -0.25) is 0 Å². The van der Waals surface area contributed by atoms with Crippen LogP contribution in [0.15, 0.2) is 30.6 Å².